The van der Waals surface area contributed by atoms with Gasteiger partial charge in [-0.3, -0.25) is 0 Å². The summed E-state index contributed by atoms with van der Waals surface area (Å²) in [4.78, 5) is 0. The summed E-state index contributed by atoms with van der Waals surface area (Å²) in [5, 5.41) is 0. The Bertz CT molecular complexity index is 29.0. The summed E-state index contributed by atoms with van der Waals surface area (Å²) in [6.45, 7) is 8.25. The van der Waals surface area contributed by atoms with Crippen LogP contribution in [0.15, 0.2) is 0 Å². The minimum absolute atomic E-state index is 0.653. The van der Waals surface area contributed by atoms with Gasteiger partial charge in [0.2, 0.25) is 0 Å². The summed E-state index contributed by atoms with van der Waals surface area (Å²) in [6.07, 6.45) is 3.93. The second-order valence-corrected chi connectivity index (χ2v) is 2.25. The first-order valence-corrected chi connectivity index (χ1v) is 3.10. The highest BCUT2D eigenvalue weighted by molar-refractivity contribution is 4.51. The average Bonchev–Trinajstić information content (AvgIpc) is 1.61. The van der Waals surface area contributed by atoms with Crippen molar-refractivity contribution in [2.45, 2.75) is 33.1 Å². The molecule has 0 aliphatic carbocycles. The summed E-state index contributed by atoms with van der Waals surface area (Å²) in [5.41, 5.74) is 0. The van der Waals surface area contributed by atoms with Crippen LogP contribution in [0.2, 0.25) is 0 Å². The minimum Gasteiger partial charge on any atom is -0.0654 e. The lowest BCUT2D eigenvalue weighted by atomic mass is 10.1. The predicted octanol–water partition coefficient (Wildman–Crippen LogP) is 2.65. The molecule has 0 amide bonds. The molecule has 43 valence electrons. The van der Waals surface area contributed by atoms with Crippen molar-refractivity contribution < 1.29 is 0 Å². The van der Waals surface area contributed by atoms with Gasteiger partial charge in [-0.15, -0.1) is 0 Å². The smallest absolute Gasteiger partial charge is 0.0443 e. The first-order valence-electron chi connectivity index (χ1n) is 3.10. The van der Waals surface area contributed by atoms with Crippen LogP contribution in [-0.2, 0) is 0 Å². The molecule has 0 heterocycles. The zero-order chi connectivity index (χ0) is 5.70. The number of hydrogen-bond donors (Lipinski definition) is 0. The molecule has 7 heavy (non-hydrogen) atoms. The third-order valence-electron chi connectivity index (χ3n) is 1.05. The zero-order valence-electron chi connectivity index (χ0n) is 5.41. The van der Waals surface area contributed by atoms with Gasteiger partial charge in [0.05, 0.1) is 0 Å². The van der Waals surface area contributed by atoms with Gasteiger partial charge < -0.3 is 0 Å². The Labute approximate surface area is 46.9 Å². The lowest BCUT2D eigenvalue weighted by Crippen LogP contribution is -1.84. The lowest BCUT2D eigenvalue weighted by molar-refractivity contribution is 0.595. The summed E-state index contributed by atoms with van der Waals surface area (Å²) < 4.78 is 0. The minimum atomic E-state index is 0.653. The molecule has 0 spiro atoms. The van der Waals surface area contributed by atoms with Crippen LogP contribution in [0.4, 0.5) is 0 Å². The van der Waals surface area contributed by atoms with E-state index in [1.54, 1.807) is 0 Å². The second kappa shape index (κ2) is 4.17. The summed E-state index contributed by atoms with van der Waals surface area (Å²) >= 11 is 0. The normalized spacial score (nSPS) is 10.3. The average molecular weight is 99.2 g/mol. The van der Waals surface area contributed by atoms with E-state index in [9.17, 15) is 0 Å². The van der Waals surface area contributed by atoms with Gasteiger partial charge in [0, 0.05) is 0 Å². The zero-order valence-corrected chi connectivity index (χ0v) is 5.41. The molecule has 0 aliphatic rings. The lowest BCUT2D eigenvalue weighted by Gasteiger charge is -1.98. The van der Waals surface area contributed by atoms with Crippen molar-refractivity contribution in [2.75, 3.05) is 0 Å². The topological polar surface area (TPSA) is 0 Å². The number of unbranched alkanes of at least 4 members (excludes halogenated alkanes) is 1. The fraction of sp³-hybridized carbons (Fsp3) is 0.857. The van der Waals surface area contributed by atoms with Crippen LogP contribution >= 0.6 is 0 Å². The summed E-state index contributed by atoms with van der Waals surface area (Å²) in [5.74, 6) is 0.653. The highest BCUT2D eigenvalue weighted by Crippen LogP contribution is 2.03. The molecule has 0 saturated carbocycles. The maximum atomic E-state index is 3.88. The molecule has 0 bridgehead atoms. The van der Waals surface area contributed by atoms with Crippen LogP contribution in [-0.4, -0.2) is 0 Å². The molecular weight excluding hydrogens is 84.1 g/mol. The standard InChI is InChI=1S/C7H15/c1-4-5-6-7(2)3/h7H,2,4-6H2,1,3H3. The van der Waals surface area contributed by atoms with Gasteiger partial charge >= 0.3 is 0 Å². The van der Waals surface area contributed by atoms with Gasteiger partial charge in [0.1, 0.15) is 0 Å². The van der Waals surface area contributed by atoms with Gasteiger partial charge in [-0.25, -0.2) is 0 Å². The number of hydrogen-bond acceptors (Lipinski definition) is 0. The van der Waals surface area contributed by atoms with Crippen LogP contribution in [0.5, 0.6) is 0 Å². The molecule has 0 nitrogen and oxygen atoms in total. The van der Waals surface area contributed by atoms with Crippen LogP contribution in [0.25, 0.3) is 0 Å². The fourth-order valence-corrected chi connectivity index (χ4v) is 0.553. The molecule has 0 heteroatoms. The van der Waals surface area contributed by atoms with Crippen LogP contribution in [0.3, 0.4) is 0 Å². The highest BCUT2D eigenvalue weighted by atomic mass is 13.9. The predicted molar refractivity (Wildman–Crippen MR) is 34.0 cm³/mol. The molecule has 0 aliphatic heterocycles. The monoisotopic (exact) mass is 99.1 g/mol. The molecule has 0 saturated heterocycles. The van der Waals surface area contributed by atoms with Crippen molar-refractivity contribution in [3.05, 3.63) is 6.92 Å². The molecule has 0 rings (SSSR count). The van der Waals surface area contributed by atoms with Crippen LogP contribution < -0.4 is 0 Å². The molecule has 0 aromatic heterocycles. The van der Waals surface area contributed by atoms with Crippen molar-refractivity contribution in [1.82, 2.24) is 0 Å². The molecular formula is C7H15. The third-order valence-corrected chi connectivity index (χ3v) is 1.05. The van der Waals surface area contributed by atoms with Crippen molar-refractivity contribution in [3.63, 3.8) is 0 Å². The maximum Gasteiger partial charge on any atom is -0.0443 e. The van der Waals surface area contributed by atoms with Gasteiger partial charge in [0.15, 0.2) is 0 Å². The molecule has 1 radical (unpaired) electrons. The molecule has 0 N–H and O–H groups in total. The van der Waals surface area contributed by atoms with E-state index < -0.39 is 0 Å². The van der Waals surface area contributed by atoms with Crippen molar-refractivity contribution in [1.29, 1.82) is 0 Å². The van der Waals surface area contributed by atoms with Crippen molar-refractivity contribution >= 4 is 0 Å². The Morgan fingerprint density at radius 3 is 2.29 bits per heavy atom. The third kappa shape index (κ3) is 6.00. The Morgan fingerprint density at radius 1 is 1.57 bits per heavy atom. The molecule has 1 unspecified atom stereocenters. The quantitative estimate of drug-likeness (QED) is 0.510. The van der Waals surface area contributed by atoms with E-state index in [0.29, 0.717) is 5.92 Å². The van der Waals surface area contributed by atoms with Crippen LogP contribution in [0, 0.1) is 12.8 Å². The SMILES string of the molecule is [CH2]C(C)CCCC. The Kier molecular flexibility index (Phi) is 4.17. The number of rotatable bonds is 3. The van der Waals surface area contributed by atoms with E-state index >= 15 is 0 Å². The van der Waals surface area contributed by atoms with Crippen LogP contribution in [0.1, 0.15) is 33.1 Å². The Morgan fingerprint density at radius 2 is 2.14 bits per heavy atom. The van der Waals surface area contributed by atoms with E-state index in [4.69, 9.17) is 0 Å². The molecule has 1 atom stereocenters. The van der Waals surface area contributed by atoms with Gasteiger partial charge in [-0.2, -0.15) is 0 Å². The van der Waals surface area contributed by atoms with Gasteiger partial charge in [-0.1, -0.05) is 40.0 Å². The molecule has 0 fully saturated rings. The Balaban J connectivity index is 2.68. The summed E-state index contributed by atoms with van der Waals surface area (Å²) in [6, 6.07) is 0. The first kappa shape index (κ1) is 7.00. The van der Waals surface area contributed by atoms with E-state index in [0.717, 1.165) is 0 Å². The highest BCUT2D eigenvalue weighted by Gasteiger charge is 1.88. The molecule has 0 aromatic carbocycles. The van der Waals surface area contributed by atoms with Crippen molar-refractivity contribution in [3.8, 4) is 0 Å². The van der Waals surface area contributed by atoms with E-state index in [1.807, 2.05) is 0 Å². The Hall–Kier alpha value is 0. The molecule has 0 aromatic rings. The van der Waals surface area contributed by atoms with Gasteiger partial charge in [0.25, 0.3) is 0 Å². The first-order chi connectivity index (χ1) is 3.27. The van der Waals surface area contributed by atoms with E-state index in [-0.39, 0.29) is 0 Å². The van der Waals surface area contributed by atoms with Gasteiger partial charge in [-0.05, 0) is 5.92 Å². The second-order valence-electron chi connectivity index (χ2n) is 2.25. The maximum absolute atomic E-state index is 3.88. The fourth-order valence-electron chi connectivity index (χ4n) is 0.553. The largest absolute Gasteiger partial charge is 0.0654 e. The van der Waals surface area contributed by atoms with E-state index in [2.05, 4.69) is 20.8 Å². The van der Waals surface area contributed by atoms with E-state index in [1.165, 1.54) is 19.3 Å². The summed E-state index contributed by atoms with van der Waals surface area (Å²) in [7, 11) is 0. The van der Waals surface area contributed by atoms with Crippen molar-refractivity contribution in [2.24, 2.45) is 5.92 Å².